The zero-order valence-corrected chi connectivity index (χ0v) is 12.6. The van der Waals surface area contributed by atoms with Crippen molar-refractivity contribution in [3.8, 4) is 0 Å². The van der Waals surface area contributed by atoms with Gasteiger partial charge in [-0.1, -0.05) is 13.8 Å². The number of ether oxygens (including phenoxy) is 1. The maximum absolute atomic E-state index is 12.2. The van der Waals surface area contributed by atoms with Crippen LogP contribution < -0.4 is 4.72 Å². The average Bonchev–Trinajstić information content (AvgIpc) is 2.70. The second-order valence-corrected chi connectivity index (χ2v) is 6.58. The Bertz CT molecular complexity index is 508. The van der Waals surface area contributed by atoms with E-state index < -0.39 is 10.0 Å². The molecule has 6 nitrogen and oxygen atoms in total. The third-order valence-corrected chi connectivity index (χ3v) is 4.47. The first-order chi connectivity index (χ1) is 8.81. The van der Waals surface area contributed by atoms with Crippen molar-refractivity contribution >= 4 is 10.0 Å². The first-order valence-electron chi connectivity index (χ1n) is 6.09. The molecule has 0 aromatic carbocycles. The zero-order chi connectivity index (χ0) is 14.6. The smallest absolute Gasteiger partial charge is 0.242 e. The summed E-state index contributed by atoms with van der Waals surface area (Å²) in [4.78, 5) is 0.154. The highest BCUT2D eigenvalue weighted by atomic mass is 32.2. The van der Waals surface area contributed by atoms with Gasteiger partial charge in [0.1, 0.15) is 0 Å². The number of aryl methyl sites for hydroxylation is 1. The van der Waals surface area contributed by atoms with E-state index in [2.05, 4.69) is 4.72 Å². The van der Waals surface area contributed by atoms with E-state index in [4.69, 9.17) is 9.84 Å². The quantitative estimate of drug-likeness (QED) is 0.765. The predicted molar refractivity (Wildman–Crippen MR) is 72.2 cm³/mol. The number of aliphatic hydroxyl groups excluding tert-OH is 1. The van der Waals surface area contributed by atoms with Crippen LogP contribution in [0.25, 0.3) is 0 Å². The molecule has 0 bridgehead atoms. The third-order valence-electron chi connectivity index (χ3n) is 3.01. The molecule has 1 aromatic rings. The summed E-state index contributed by atoms with van der Waals surface area (Å²) in [6, 6.07) is 1.18. The molecule has 7 heteroatoms. The van der Waals surface area contributed by atoms with Gasteiger partial charge in [0, 0.05) is 32.1 Å². The van der Waals surface area contributed by atoms with Gasteiger partial charge >= 0.3 is 0 Å². The van der Waals surface area contributed by atoms with Crippen LogP contribution in [0.1, 0.15) is 19.5 Å². The van der Waals surface area contributed by atoms with Gasteiger partial charge in [-0.25, -0.2) is 13.1 Å². The van der Waals surface area contributed by atoms with E-state index >= 15 is 0 Å². The van der Waals surface area contributed by atoms with Crippen LogP contribution in [0.2, 0.25) is 0 Å². The van der Waals surface area contributed by atoms with E-state index in [0.717, 1.165) is 0 Å². The van der Waals surface area contributed by atoms with Crippen LogP contribution in [0.4, 0.5) is 0 Å². The largest absolute Gasteiger partial charge is 0.390 e. The Morgan fingerprint density at radius 2 is 2.11 bits per heavy atom. The van der Waals surface area contributed by atoms with Crippen LogP contribution in [0.15, 0.2) is 17.2 Å². The van der Waals surface area contributed by atoms with E-state index in [1.54, 1.807) is 11.6 Å². The summed E-state index contributed by atoms with van der Waals surface area (Å²) in [5.74, 6) is 0.121. The first-order valence-corrected chi connectivity index (χ1v) is 7.57. The lowest BCUT2D eigenvalue weighted by atomic mass is 10.1. The SMILES string of the molecule is COCC(NS(=O)(=O)c1cc(CO)n(C)c1)C(C)C. The van der Waals surface area contributed by atoms with Gasteiger partial charge in [-0.3, -0.25) is 0 Å². The van der Waals surface area contributed by atoms with Gasteiger partial charge in [0.2, 0.25) is 10.0 Å². The highest BCUT2D eigenvalue weighted by Crippen LogP contribution is 2.15. The maximum Gasteiger partial charge on any atom is 0.242 e. The molecule has 0 saturated heterocycles. The molecule has 19 heavy (non-hydrogen) atoms. The molecule has 1 heterocycles. The van der Waals surface area contributed by atoms with Crippen LogP contribution in [-0.4, -0.2) is 37.8 Å². The molecule has 0 spiro atoms. The Balaban J connectivity index is 2.96. The molecule has 0 aliphatic carbocycles. The van der Waals surface area contributed by atoms with E-state index in [0.29, 0.717) is 12.3 Å². The summed E-state index contributed by atoms with van der Waals surface area (Å²) < 4.78 is 33.7. The van der Waals surface area contributed by atoms with Gasteiger partial charge in [-0.05, 0) is 12.0 Å². The molecular weight excluding hydrogens is 268 g/mol. The van der Waals surface area contributed by atoms with Crippen molar-refractivity contribution in [2.75, 3.05) is 13.7 Å². The lowest BCUT2D eigenvalue weighted by Gasteiger charge is -2.20. The second kappa shape index (κ2) is 6.51. The number of aromatic nitrogens is 1. The summed E-state index contributed by atoms with van der Waals surface area (Å²) in [6.07, 6.45) is 1.48. The molecule has 0 aliphatic heterocycles. The second-order valence-electron chi connectivity index (χ2n) is 4.86. The molecule has 1 atom stereocenters. The average molecular weight is 290 g/mol. The molecular formula is C12H22N2O4S. The predicted octanol–water partition coefficient (Wildman–Crippen LogP) is 0.467. The summed E-state index contributed by atoms with van der Waals surface area (Å²) in [6.45, 7) is 3.97. The number of nitrogens with one attached hydrogen (secondary N) is 1. The van der Waals surface area contributed by atoms with Gasteiger partial charge in [-0.2, -0.15) is 0 Å². The van der Waals surface area contributed by atoms with Crippen molar-refractivity contribution in [2.45, 2.75) is 31.4 Å². The standard InChI is InChI=1S/C12H22N2O4S/c1-9(2)12(8-18-4)13-19(16,17)11-5-10(7-15)14(3)6-11/h5-6,9,12-13,15H,7-8H2,1-4H3. The molecule has 0 amide bonds. The van der Waals surface area contributed by atoms with Gasteiger partial charge in [0.15, 0.2) is 0 Å². The van der Waals surface area contributed by atoms with Crippen LogP contribution in [0.5, 0.6) is 0 Å². The summed E-state index contributed by atoms with van der Waals surface area (Å²) >= 11 is 0. The van der Waals surface area contributed by atoms with Crippen LogP contribution in [0.3, 0.4) is 0 Å². The molecule has 2 N–H and O–H groups in total. The van der Waals surface area contributed by atoms with Gasteiger partial charge in [0.25, 0.3) is 0 Å². The molecule has 0 saturated carbocycles. The van der Waals surface area contributed by atoms with Crippen LogP contribution in [0, 0.1) is 5.92 Å². The maximum atomic E-state index is 12.2. The summed E-state index contributed by atoms with van der Waals surface area (Å²) in [5.41, 5.74) is 0.549. The van der Waals surface area contributed by atoms with Crippen molar-refractivity contribution in [1.29, 1.82) is 0 Å². The van der Waals surface area contributed by atoms with Crippen molar-refractivity contribution in [3.63, 3.8) is 0 Å². The number of hydrogen-bond acceptors (Lipinski definition) is 4. The first kappa shape index (κ1) is 16.2. The number of nitrogens with zero attached hydrogens (tertiary/aromatic N) is 1. The summed E-state index contributed by atoms with van der Waals surface area (Å²) in [5, 5.41) is 9.10. The molecule has 1 rings (SSSR count). The fourth-order valence-electron chi connectivity index (χ4n) is 1.69. The molecule has 1 aromatic heterocycles. The topological polar surface area (TPSA) is 80.6 Å². The van der Waals surface area contributed by atoms with E-state index in [9.17, 15) is 8.42 Å². The molecule has 0 fully saturated rings. The number of sulfonamides is 1. The van der Waals surface area contributed by atoms with Gasteiger partial charge < -0.3 is 14.4 Å². The highest BCUT2D eigenvalue weighted by Gasteiger charge is 2.23. The third kappa shape index (κ3) is 4.04. The zero-order valence-electron chi connectivity index (χ0n) is 11.8. The van der Waals surface area contributed by atoms with Crippen LogP contribution in [-0.2, 0) is 28.4 Å². The minimum absolute atomic E-state index is 0.121. The Hall–Kier alpha value is -0.890. The Morgan fingerprint density at radius 3 is 2.53 bits per heavy atom. The number of methoxy groups -OCH3 is 1. The lowest BCUT2D eigenvalue weighted by Crippen LogP contribution is -2.41. The van der Waals surface area contributed by atoms with Crippen molar-refractivity contribution in [2.24, 2.45) is 13.0 Å². The van der Waals surface area contributed by atoms with Gasteiger partial charge in [-0.15, -0.1) is 0 Å². The number of rotatable bonds is 7. The summed E-state index contributed by atoms with van der Waals surface area (Å²) in [7, 11) is -0.369. The van der Waals surface area contributed by atoms with Crippen molar-refractivity contribution in [3.05, 3.63) is 18.0 Å². The van der Waals surface area contributed by atoms with E-state index in [1.807, 2.05) is 13.8 Å². The monoisotopic (exact) mass is 290 g/mol. The Kier molecular flexibility index (Phi) is 5.54. The highest BCUT2D eigenvalue weighted by molar-refractivity contribution is 7.89. The number of hydrogen-bond donors (Lipinski definition) is 2. The van der Waals surface area contributed by atoms with E-state index in [1.165, 1.54) is 19.4 Å². The molecule has 0 radical (unpaired) electrons. The lowest BCUT2D eigenvalue weighted by molar-refractivity contribution is 0.157. The fourth-order valence-corrected chi connectivity index (χ4v) is 3.15. The molecule has 1 unspecified atom stereocenters. The minimum Gasteiger partial charge on any atom is -0.390 e. The van der Waals surface area contributed by atoms with Gasteiger partial charge in [0.05, 0.1) is 18.1 Å². The number of aliphatic hydroxyl groups is 1. The Morgan fingerprint density at radius 1 is 1.47 bits per heavy atom. The van der Waals surface area contributed by atoms with Crippen LogP contribution >= 0.6 is 0 Å². The van der Waals surface area contributed by atoms with E-state index in [-0.39, 0.29) is 23.5 Å². The normalized spacial score (nSPS) is 14.0. The van der Waals surface area contributed by atoms with Crippen molar-refractivity contribution < 1.29 is 18.3 Å². The molecule has 110 valence electrons. The fraction of sp³-hybridized carbons (Fsp3) is 0.667. The Labute approximate surface area is 114 Å². The van der Waals surface area contributed by atoms with Crippen molar-refractivity contribution in [1.82, 2.24) is 9.29 Å². The molecule has 0 aliphatic rings. The minimum atomic E-state index is -3.60.